The molecule has 0 amide bonds. The zero-order chi connectivity index (χ0) is 16.9. The summed E-state index contributed by atoms with van der Waals surface area (Å²) in [5.41, 5.74) is 2.29. The Labute approximate surface area is 135 Å². The molecule has 0 saturated carbocycles. The number of aliphatic hydroxyl groups is 1. The van der Waals surface area contributed by atoms with Gasteiger partial charge in [-0.1, -0.05) is 12.1 Å². The third-order valence-corrected chi connectivity index (χ3v) is 4.45. The molecule has 1 aliphatic rings. The Morgan fingerprint density at radius 3 is 2.39 bits per heavy atom. The standard InChI is InChI=1S/C17H25F2NO3/c1-12-7-14(8-13(2)15(12)23-16(18)19)9-20-10-17(11-21)3-5-22-6-4-17/h7-8,16,20-21H,3-6,9-11H2,1-2H3. The molecule has 4 nitrogen and oxygen atoms in total. The molecule has 130 valence electrons. The summed E-state index contributed by atoms with van der Waals surface area (Å²) in [6, 6.07) is 3.71. The van der Waals surface area contributed by atoms with Crippen LogP contribution in [0.25, 0.3) is 0 Å². The number of benzene rings is 1. The fourth-order valence-electron chi connectivity index (χ4n) is 3.08. The molecule has 0 spiro atoms. The predicted molar refractivity (Wildman–Crippen MR) is 83.8 cm³/mol. The van der Waals surface area contributed by atoms with Crippen LogP contribution in [-0.2, 0) is 11.3 Å². The van der Waals surface area contributed by atoms with Crippen LogP contribution < -0.4 is 10.1 Å². The van der Waals surface area contributed by atoms with Crippen molar-refractivity contribution < 1.29 is 23.4 Å². The van der Waals surface area contributed by atoms with Gasteiger partial charge in [0.05, 0.1) is 6.61 Å². The number of ether oxygens (including phenoxy) is 2. The van der Waals surface area contributed by atoms with Crippen LogP contribution in [0.4, 0.5) is 8.78 Å². The fraction of sp³-hybridized carbons (Fsp3) is 0.647. The van der Waals surface area contributed by atoms with Crippen molar-refractivity contribution in [2.45, 2.75) is 39.8 Å². The van der Waals surface area contributed by atoms with Gasteiger partial charge in [-0.15, -0.1) is 0 Å². The minimum absolute atomic E-state index is 0.124. The summed E-state index contributed by atoms with van der Waals surface area (Å²) >= 11 is 0. The largest absolute Gasteiger partial charge is 0.434 e. The minimum atomic E-state index is -2.81. The van der Waals surface area contributed by atoms with E-state index in [-0.39, 0.29) is 17.8 Å². The van der Waals surface area contributed by atoms with Gasteiger partial charge >= 0.3 is 6.61 Å². The Hall–Kier alpha value is -1.24. The van der Waals surface area contributed by atoms with Gasteiger partial charge in [0.15, 0.2) is 0 Å². The van der Waals surface area contributed by atoms with Gasteiger partial charge in [-0.2, -0.15) is 8.78 Å². The van der Waals surface area contributed by atoms with Crippen molar-refractivity contribution in [2.24, 2.45) is 5.41 Å². The van der Waals surface area contributed by atoms with Gasteiger partial charge in [0, 0.05) is 31.7 Å². The van der Waals surface area contributed by atoms with Gasteiger partial charge in [-0.25, -0.2) is 0 Å². The molecule has 6 heteroatoms. The van der Waals surface area contributed by atoms with Crippen LogP contribution in [0.2, 0.25) is 0 Å². The predicted octanol–water partition coefficient (Wildman–Crippen LogP) is 2.78. The van der Waals surface area contributed by atoms with E-state index in [1.807, 2.05) is 12.1 Å². The molecule has 1 aromatic rings. The Morgan fingerprint density at radius 1 is 1.26 bits per heavy atom. The van der Waals surface area contributed by atoms with Crippen molar-refractivity contribution in [3.8, 4) is 5.75 Å². The molecule has 1 heterocycles. The van der Waals surface area contributed by atoms with Gasteiger partial charge in [0.2, 0.25) is 0 Å². The lowest BCUT2D eigenvalue weighted by Crippen LogP contribution is -2.41. The van der Waals surface area contributed by atoms with E-state index < -0.39 is 6.61 Å². The summed E-state index contributed by atoms with van der Waals surface area (Å²) in [6.45, 7) is 3.56. The second kappa shape index (κ2) is 8.04. The number of halogens is 2. The van der Waals surface area contributed by atoms with E-state index in [4.69, 9.17) is 4.74 Å². The lowest BCUT2D eigenvalue weighted by molar-refractivity contribution is -0.0507. The van der Waals surface area contributed by atoms with Crippen molar-refractivity contribution in [3.63, 3.8) is 0 Å². The Kier molecular flexibility index (Phi) is 6.33. The first kappa shape index (κ1) is 18.1. The number of aryl methyl sites for hydroxylation is 2. The minimum Gasteiger partial charge on any atom is -0.434 e. The second-order valence-electron chi connectivity index (χ2n) is 6.31. The van der Waals surface area contributed by atoms with E-state index in [1.165, 1.54) is 0 Å². The fourth-order valence-corrected chi connectivity index (χ4v) is 3.08. The van der Waals surface area contributed by atoms with Gasteiger partial charge in [0.1, 0.15) is 5.75 Å². The van der Waals surface area contributed by atoms with E-state index in [9.17, 15) is 13.9 Å². The quantitative estimate of drug-likeness (QED) is 0.808. The van der Waals surface area contributed by atoms with Crippen LogP contribution in [0.15, 0.2) is 12.1 Å². The summed E-state index contributed by atoms with van der Waals surface area (Å²) < 4.78 is 34.7. The highest BCUT2D eigenvalue weighted by Gasteiger charge is 2.31. The van der Waals surface area contributed by atoms with E-state index in [2.05, 4.69) is 10.1 Å². The molecular weight excluding hydrogens is 304 g/mol. The Morgan fingerprint density at radius 2 is 1.87 bits per heavy atom. The van der Waals surface area contributed by atoms with Crippen molar-refractivity contribution in [3.05, 3.63) is 28.8 Å². The van der Waals surface area contributed by atoms with E-state index in [0.717, 1.165) is 18.4 Å². The SMILES string of the molecule is Cc1cc(CNCC2(CO)CCOCC2)cc(C)c1OC(F)F. The summed E-state index contributed by atoms with van der Waals surface area (Å²) in [4.78, 5) is 0. The number of nitrogens with one attached hydrogen (secondary N) is 1. The molecule has 23 heavy (non-hydrogen) atoms. The molecule has 0 radical (unpaired) electrons. The van der Waals surface area contributed by atoms with Crippen LogP contribution in [-0.4, -0.2) is 38.1 Å². The highest BCUT2D eigenvalue weighted by Crippen LogP contribution is 2.30. The van der Waals surface area contributed by atoms with Gasteiger partial charge in [-0.3, -0.25) is 0 Å². The van der Waals surface area contributed by atoms with Crippen molar-refractivity contribution in [1.82, 2.24) is 5.32 Å². The lowest BCUT2D eigenvalue weighted by atomic mass is 9.81. The highest BCUT2D eigenvalue weighted by molar-refractivity contribution is 5.43. The molecule has 0 unspecified atom stereocenters. The normalized spacial score (nSPS) is 17.5. The lowest BCUT2D eigenvalue weighted by Gasteiger charge is -2.35. The van der Waals surface area contributed by atoms with Gasteiger partial charge < -0.3 is 19.9 Å². The highest BCUT2D eigenvalue weighted by atomic mass is 19.3. The van der Waals surface area contributed by atoms with Gasteiger partial charge in [-0.05, 0) is 43.4 Å². The maximum Gasteiger partial charge on any atom is 0.387 e. The number of aliphatic hydroxyl groups excluding tert-OH is 1. The maximum absolute atomic E-state index is 12.4. The third-order valence-electron chi connectivity index (χ3n) is 4.45. The molecule has 0 bridgehead atoms. The first-order chi connectivity index (χ1) is 11.0. The van der Waals surface area contributed by atoms with Crippen molar-refractivity contribution in [1.29, 1.82) is 0 Å². The second-order valence-corrected chi connectivity index (χ2v) is 6.31. The smallest absolute Gasteiger partial charge is 0.387 e. The Bertz CT molecular complexity index is 494. The molecule has 2 rings (SSSR count). The molecule has 1 aromatic carbocycles. The number of hydrogen-bond donors (Lipinski definition) is 2. The summed E-state index contributed by atoms with van der Waals surface area (Å²) in [5, 5.41) is 13.0. The zero-order valence-corrected chi connectivity index (χ0v) is 13.7. The number of rotatable bonds is 7. The van der Waals surface area contributed by atoms with Crippen molar-refractivity contribution in [2.75, 3.05) is 26.4 Å². The molecule has 1 fully saturated rings. The first-order valence-corrected chi connectivity index (χ1v) is 7.90. The van der Waals surface area contributed by atoms with Crippen LogP contribution in [0.5, 0.6) is 5.75 Å². The average molecular weight is 329 g/mol. The molecule has 0 aliphatic carbocycles. The maximum atomic E-state index is 12.4. The van der Waals surface area contributed by atoms with Crippen LogP contribution >= 0.6 is 0 Å². The molecule has 2 N–H and O–H groups in total. The average Bonchev–Trinajstić information content (AvgIpc) is 2.52. The first-order valence-electron chi connectivity index (χ1n) is 7.90. The molecular formula is C17H25F2NO3. The molecule has 0 aromatic heterocycles. The monoisotopic (exact) mass is 329 g/mol. The summed E-state index contributed by atoms with van der Waals surface area (Å²) in [7, 11) is 0. The third kappa shape index (κ3) is 4.86. The van der Waals surface area contributed by atoms with E-state index in [1.54, 1.807) is 13.8 Å². The van der Waals surface area contributed by atoms with E-state index >= 15 is 0 Å². The Balaban J connectivity index is 1.95. The summed E-state index contributed by atoms with van der Waals surface area (Å²) in [5.74, 6) is 0.250. The van der Waals surface area contributed by atoms with E-state index in [0.29, 0.717) is 37.4 Å². The molecule has 1 aliphatic heterocycles. The van der Waals surface area contributed by atoms with Crippen LogP contribution in [0, 0.1) is 19.3 Å². The summed E-state index contributed by atoms with van der Waals surface area (Å²) in [6.07, 6.45) is 1.69. The van der Waals surface area contributed by atoms with Crippen molar-refractivity contribution >= 4 is 0 Å². The molecule has 0 atom stereocenters. The zero-order valence-electron chi connectivity index (χ0n) is 13.7. The molecule has 1 saturated heterocycles. The van der Waals surface area contributed by atoms with Crippen LogP contribution in [0.1, 0.15) is 29.5 Å². The topological polar surface area (TPSA) is 50.7 Å². The van der Waals surface area contributed by atoms with Crippen LogP contribution in [0.3, 0.4) is 0 Å². The number of alkyl halides is 2. The number of hydrogen-bond acceptors (Lipinski definition) is 4. The van der Waals surface area contributed by atoms with Gasteiger partial charge in [0.25, 0.3) is 0 Å².